The molecule has 5 nitrogen and oxygen atoms in total. The average molecular weight is 353 g/mol. The van der Waals surface area contributed by atoms with Gasteiger partial charge >= 0.3 is 0 Å². The molecule has 1 saturated carbocycles. The van der Waals surface area contributed by atoms with Gasteiger partial charge in [-0.1, -0.05) is 19.3 Å². The smallest absolute Gasteiger partial charge is 0.253 e. The molecule has 3 aliphatic heterocycles. The maximum atomic E-state index is 13.1. The fraction of sp³-hybridized carbons (Fsp3) is 0.619. The Morgan fingerprint density at radius 2 is 1.85 bits per heavy atom. The summed E-state index contributed by atoms with van der Waals surface area (Å²) in [6.45, 7) is 2.70. The highest BCUT2D eigenvalue weighted by Gasteiger charge is 2.37. The van der Waals surface area contributed by atoms with Gasteiger partial charge in [0.15, 0.2) is 0 Å². The lowest BCUT2D eigenvalue weighted by atomic mass is 9.75. The third kappa shape index (κ3) is 2.60. The topological polar surface area (TPSA) is 52.7 Å². The second-order valence-electron chi connectivity index (χ2n) is 8.42. The SMILES string of the molecule is O=C1Nc2cc(C(=O)N3CC[C@@H]4CCCC[C@@H]4C3)ccc2N2CCC[C@H]12. The number of rotatable bonds is 1. The highest BCUT2D eigenvalue weighted by molar-refractivity contribution is 6.06. The molecule has 2 amide bonds. The van der Waals surface area contributed by atoms with Gasteiger partial charge in [0.1, 0.15) is 6.04 Å². The van der Waals surface area contributed by atoms with Crippen LogP contribution >= 0.6 is 0 Å². The molecule has 1 aromatic rings. The molecule has 2 saturated heterocycles. The molecule has 5 rings (SSSR count). The van der Waals surface area contributed by atoms with Crippen molar-refractivity contribution in [3.63, 3.8) is 0 Å². The molecular formula is C21H27N3O2. The number of likely N-dealkylation sites (tertiary alicyclic amines) is 1. The van der Waals surface area contributed by atoms with Crippen molar-refractivity contribution in [2.24, 2.45) is 11.8 Å². The number of nitrogens with one attached hydrogen (secondary N) is 1. The van der Waals surface area contributed by atoms with Crippen LogP contribution in [-0.4, -0.2) is 42.4 Å². The Balaban J connectivity index is 1.36. The number of nitrogens with zero attached hydrogens (tertiary/aromatic N) is 2. The number of piperidine rings is 1. The van der Waals surface area contributed by atoms with Crippen molar-refractivity contribution >= 4 is 23.2 Å². The predicted molar refractivity (Wildman–Crippen MR) is 101 cm³/mol. The minimum Gasteiger partial charge on any atom is -0.358 e. The lowest BCUT2D eigenvalue weighted by Gasteiger charge is -2.41. The van der Waals surface area contributed by atoms with Crippen LogP contribution in [0.15, 0.2) is 18.2 Å². The second-order valence-corrected chi connectivity index (χ2v) is 8.42. The first-order chi connectivity index (χ1) is 12.7. The largest absolute Gasteiger partial charge is 0.358 e. The number of carbonyl (C=O) groups excluding carboxylic acids is 2. The quantitative estimate of drug-likeness (QED) is 0.843. The van der Waals surface area contributed by atoms with Gasteiger partial charge in [-0.2, -0.15) is 0 Å². The van der Waals surface area contributed by atoms with Gasteiger partial charge in [-0.25, -0.2) is 0 Å². The second kappa shape index (κ2) is 6.29. The molecule has 5 heteroatoms. The first kappa shape index (κ1) is 16.2. The Hall–Kier alpha value is -2.04. The van der Waals surface area contributed by atoms with Gasteiger partial charge in [-0.3, -0.25) is 9.59 Å². The molecule has 3 fully saturated rings. The first-order valence-electron chi connectivity index (χ1n) is 10.2. The zero-order valence-electron chi connectivity index (χ0n) is 15.2. The highest BCUT2D eigenvalue weighted by atomic mass is 16.2. The fourth-order valence-electron chi connectivity index (χ4n) is 5.53. The lowest BCUT2D eigenvalue weighted by molar-refractivity contribution is -0.117. The van der Waals surface area contributed by atoms with E-state index in [4.69, 9.17) is 0 Å². The molecule has 138 valence electrons. The van der Waals surface area contributed by atoms with E-state index in [-0.39, 0.29) is 17.9 Å². The molecule has 26 heavy (non-hydrogen) atoms. The zero-order chi connectivity index (χ0) is 17.7. The van der Waals surface area contributed by atoms with Crippen molar-refractivity contribution in [3.05, 3.63) is 23.8 Å². The maximum absolute atomic E-state index is 13.1. The molecule has 1 N–H and O–H groups in total. The number of benzene rings is 1. The minimum atomic E-state index is -0.0330. The molecule has 0 unspecified atom stereocenters. The van der Waals surface area contributed by atoms with Crippen molar-refractivity contribution in [2.45, 2.75) is 51.0 Å². The van der Waals surface area contributed by atoms with Crippen LogP contribution < -0.4 is 10.2 Å². The van der Waals surface area contributed by atoms with Crippen molar-refractivity contribution in [1.82, 2.24) is 4.90 Å². The van der Waals surface area contributed by atoms with Crippen LogP contribution in [0.2, 0.25) is 0 Å². The molecule has 4 aliphatic rings. The number of fused-ring (bicyclic) bond motifs is 4. The number of hydrogen-bond donors (Lipinski definition) is 1. The molecule has 0 bridgehead atoms. The van der Waals surface area contributed by atoms with E-state index in [1.54, 1.807) is 0 Å². The van der Waals surface area contributed by atoms with Gasteiger partial charge in [0.05, 0.1) is 11.4 Å². The molecule has 0 spiro atoms. The van der Waals surface area contributed by atoms with Crippen LogP contribution in [-0.2, 0) is 4.79 Å². The standard InChI is InChI=1S/C21H27N3O2/c25-20-19-6-3-10-24(19)18-8-7-15(12-17(18)22-20)21(26)23-11-9-14-4-1-2-5-16(14)13-23/h7-8,12,14,16,19H,1-6,9-11,13H2,(H,22,25)/t14-,16+,19+/m0/s1. The molecule has 0 radical (unpaired) electrons. The van der Waals surface area contributed by atoms with E-state index in [1.807, 2.05) is 23.1 Å². The molecule has 3 heterocycles. The number of hydrogen-bond acceptors (Lipinski definition) is 3. The van der Waals surface area contributed by atoms with E-state index in [0.29, 0.717) is 11.5 Å². The van der Waals surface area contributed by atoms with Crippen LogP contribution in [0.4, 0.5) is 11.4 Å². The molecule has 0 aromatic heterocycles. The number of amides is 2. The van der Waals surface area contributed by atoms with Crippen molar-refractivity contribution in [3.8, 4) is 0 Å². The van der Waals surface area contributed by atoms with Gasteiger partial charge < -0.3 is 15.1 Å². The van der Waals surface area contributed by atoms with Crippen LogP contribution in [0, 0.1) is 11.8 Å². The Kier molecular flexibility index (Phi) is 3.91. The van der Waals surface area contributed by atoms with Crippen LogP contribution in [0.3, 0.4) is 0 Å². The minimum absolute atomic E-state index is 0.0330. The summed E-state index contributed by atoms with van der Waals surface area (Å²) in [5.41, 5.74) is 2.57. The van der Waals surface area contributed by atoms with Gasteiger partial charge in [0, 0.05) is 25.2 Å². The zero-order valence-corrected chi connectivity index (χ0v) is 15.2. The van der Waals surface area contributed by atoms with E-state index in [9.17, 15) is 9.59 Å². The summed E-state index contributed by atoms with van der Waals surface area (Å²) in [6.07, 6.45) is 8.40. The van der Waals surface area contributed by atoms with Crippen molar-refractivity contribution in [2.75, 3.05) is 29.9 Å². The van der Waals surface area contributed by atoms with Gasteiger partial charge in [-0.05, 0) is 55.7 Å². The monoisotopic (exact) mass is 353 g/mol. The number of carbonyl (C=O) groups is 2. The Bertz CT molecular complexity index is 747. The van der Waals surface area contributed by atoms with Crippen molar-refractivity contribution < 1.29 is 9.59 Å². The average Bonchev–Trinajstić information content (AvgIpc) is 3.17. The van der Waals surface area contributed by atoms with Crippen LogP contribution in [0.1, 0.15) is 55.3 Å². The fourth-order valence-corrected chi connectivity index (χ4v) is 5.53. The van der Waals surface area contributed by atoms with E-state index < -0.39 is 0 Å². The summed E-state index contributed by atoms with van der Waals surface area (Å²) in [5.74, 6) is 1.70. The molecule has 1 aliphatic carbocycles. The normalized spacial score (nSPS) is 30.3. The first-order valence-corrected chi connectivity index (χ1v) is 10.2. The van der Waals surface area contributed by atoms with Gasteiger partial charge in [0.25, 0.3) is 5.91 Å². The van der Waals surface area contributed by atoms with Gasteiger partial charge in [-0.15, -0.1) is 0 Å². The van der Waals surface area contributed by atoms with E-state index in [0.717, 1.165) is 56.2 Å². The van der Waals surface area contributed by atoms with Crippen LogP contribution in [0.25, 0.3) is 0 Å². The lowest BCUT2D eigenvalue weighted by Crippen LogP contribution is -2.45. The highest BCUT2D eigenvalue weighted by Crippen LogP contribution is 2.39. The molecule has 1 aromatic carbocycles. The summed E-state index contributed by atoms with van der Waals surface area (Å²) in [5, 5.41) is 3.02. The third-order valence-electron chi connectivity index (χ3n) is 6.94. The van der Waals surface area contributed by atoms with E-state index in [2.05, 4.69) is 10.2 Å². The Morgan fingerprint density at radius 1 is 1.00 bits per heavy atom. The number of anilines is 2. The summed E-state index contributed by atoms with van der Waals surface area (Å²) < 4.78 is 0. The Labute approximate surface area is 154 Å². The van der Waals surface area contributed by atoms with E-state index >= 15 is 0 Å². The molecule has 3 atom stereocenters. The van der Waals surface area contributed by atoms with Gasteiger partial charge in [0.2, 0.25) is 5.91 Å². The summed E-state index contributed by atoms with van der Waals surface area (Å²) in [4.78, 5) is 29.6. The van der Waals surface area contributed by atoms with Crippen molar-refractivity contribution in [1.29, 1.82) is 0 Å². The molecular weight excluding hydrogens is 326 g/mol. The predicted octanol–water partition coefficient (Wildman–Crippen LogP) is 3.26. The maximum Gasteiger partial charge on any atom is 0.253 e. The van der Waals surface area contributed by atoms with Crippen LogP contribution in [0.5, 0.6) is 0 Å². The third-order valence-corrected chi connectivity index (χ3v) is 6.94. The summed E-state index contributed by atoms with van der Waals surface area (Å²) in [6, 6.07) is 5.82. The summed E-state index contributed by atoms with van der Waals surface area (Å²) in [7, 11) is 0. The van der Waals surface area contributed by atoms with E-state index in [1.165, 1.54) is 25.7 Å². The summed E-state index contributed by atoms with van der Waals surface area (Å²) >= 11 is 0. The Morgan fingerprint density at radius 3 is 2.73 bits per heavy atom.